The molecule has 1 aromatic rings. The number of nitrogens with one attached hydrogen (secondary N) is 1. The van der Waals surface area contributed by atoms with Crippen molar-refractivity contribution in [3.63, 3.8) is 0 Å². The van der Waals surface area contributed by atoms with E-state index in [1.54, 1.807) is 19.2 Å². The minimum absolute atomic E-state index is 0.0244. The Morgan fingerprint density at radius 1 is 1.29 bits per heavy atom. The van der Waals surface area contributed by atoms with Crippen molar-refractivity contribution in [3.8, 4) is 0 Å². The standard InChI is InChI=1S/C26H36N2O5S/c1-16(2)5-10-21-25(3,33-21)24-23(31-4)20(11-12-26(24)15-32-26)28-22(30)13-18(29)14-34-19-8-6-17(27)7-9-19/h5-9,20-21,23-24H,10-15,27H2,1-4H3,(H,28,30)/t20-,21-,23-,24?,25?,26+/m1/s1. The summed E-state index contributed by atoms with van der Waals surface area (Å²) >= 11 is 1.41. The second-order valence-corrected chi connectivity index (χ2v) is 11.2. The van der Waals surface area contributed by atoms with Crippen LogP contribution in [0.15, 0.2) is 40.8 Å². The molecule has 2 heterocycles. The van der Waals surface area contributed by atoms with Gasteiger partial charge in [0.15, 0.2) is 5.78 Å². The summed E-state index contributed by atoms with van der Waals surface area (Å²) in [6, 6.07) is 7.17. The Bertz CT molecular complexity index is 941. The Morgan fingerprint density at radius 3 is 2.62 bits per heavy atom. The average Bonchev–Trinajstić information content (AvgIpc) is 3.70. The molecule has 3 fully saturated rings. The van der Waals surface area contributed by atoms with Crippen LogP contribution in [0.1, 0.15) is 46.5 Å². The maximum absolute atomic E-state index is 12.7. The van der Waals surface area contributed by atoms with Crippen LogP contribution in [0.5, 0.6) is 0 Å². The van der Waals surface area contributed by atoms with E-state index in [0.29, 0.717) is 12.3 Å². The number of nitrogen functional groups attached to an aromatic ring is 1. The van der Waals surface area contributed by atoms with E-state index in [-0.39, 0.29) is 59.2 Å². The summed E-state index contributed by atoms with van der Waals surface area (Å²) < 4.78 is 18.2. The highest BCUT2D eigenvalue weighted by Crippen LogP contribution is 2.59. The van der Waals surface area contributed by atoms with Gasteiger partial charge in [0.25, 0.3) is 0 Å². The molecule has 1 aliphatic carbocycles. The predicted molar refractivity (Wildman–Crippen MR) is 133 cm³/mol. The van der Waals surface area contributed by atoms with E-state index in [1.807, 2.05) is 12.1 Å². The Labute approximate surface area is 206 Å². The second-order valence-electron chi connectivity index (χ2n) is 10.1. The molecule has 1 aromatic carbocycles. The molecule has 0 aromatic heterocycles. The van der Waals surface area contributed by atoms with Gasteiger partial charge in [-0.3, -0.25) is 9.59 Å². The summed E-state index contributed by atoms with van der Waals surface area (Å²) in [5.41, 5.74) is 7.07. The largest absolute Gasteiger partial charge is 0.399 e. The van der Waals surface area contributed by atoms with E-state index in [1.165, 1.54) is 17.3 Å². The van der Waals surface area contributed by atoms with Crippen molar-refractivity contribution in [1.29, 1.82) is 0 Å². The maximum atomic E-state index is 12.7. The van der Waals surface area contributed by atoms with Crippen LogP contribution in [0.4, 0.5) is 5.69 Å². The molecule has 2 aliphatic heterocycles. The number of methoxy groups -OCH3 is 1. The molecule has 2 saturated heterocycles. The molecule has 4 rings (SSSR count). The molecule has 3 N–H and O–H groups in total. The quantitative estimate of drug-likeness (QED) is 0.171. The number of rotatable bonds is 10. The van der Waals surface area contributed by atoms with Gasteiger partial charge in [-0.05, 0) is 64.3 Å². The fourth-order valence-corrected chi connectivity index (χ4v) is 6.12. The van der Waals surface area contributed by atoms with E-state index in [9.17, 15) is 9.59 Å². The lowest BCUT2D eigenvalue weighted by Gasteiger charge is -2.43. The first-order valence-electron chi connectivity index (χ1n) is 11.9. The molecule has 186 valence electrons. The van der Waals surface area contributed by atoms with Crippen molar-refractivity contribution in [1.82, 2.24) is 5.32 Å². The van der Waals surface area contributed by atoms with E-state index < -0.39 is 0 Å². The Balaban J connectivity index is 1.34. The van der Waals surface area contributed by atoms with Crippen LogP contribution in [-0.2, 0) is 23.8 Å². The van der Waals surface area contributed by atoms with Crippen LogP contribution in [0, 0.1) is 5.92 Å². The molecule has 1 spiro atoms. The lowest BCUT2D eigenvalue weighted by molar-refractivity contribution is -0.130. The van der Waals surface area contributed by atoms with E-state index in [0.717, 1.165) is 24.2 Å². The zero-order valence-corrected chi connectivity index (χ0v) is 21.3. The number of benzene rings is 1. The number of allylic oxidation sites excluding steroid dienone is 1. The van der Waals surface area contributed by atoms with Crippen LogP contribution >= 0.6 is 11.8 Å². The Kier molecular flexibility index (Phi) is 7.43. The number of amides is 1. The first-order chi connectivity index (χ1) is 16.2. The Hall–Kier alpha value is -1.87. The number of Topliss-reactive ketones (excluding diaryl/α,β-unsaturated/α-hetero) is 1. The van der Waals surface area contributed by atoms with E-state index in [4.69, 9.17) is 19.9 Å². The molecule has 2 unspecified atom stereocenters. The number of anilines is 1. The number of thioether (sulfide) groups is 1. The fraction of sp³-hybridized carbons (Fsp3) is 0.615. The normalized spacial score (nSPS) is 33.9. The number of hydrogen-bond donors (Lipinski definition) is 2. The minimum atomic E-state index is -0.349. The highest BCUT2D eigenvalue weighted by Gasteiger charge is 2.71. The van der Waals surface area contributed by atoms with Gasteiger partial charge in [0.2, 0.25) is 5.91 Å². The molecule has 3 aliphatic rings. The molecule has 1 amide bonds. The second kappa shape index (κ2) is 10.0. The summed E-state index contributed by atoms with van der Waals surface area (Å²) in [6.07, 6.45) is 4.40. The van der Waals surface area contributed by atoms with Crippen molar-refractivity contribution in [2.75, 3.05) is 25.2 Å². The molecule has 7 nitrogen and oxygen atoms in total. The van der Waals surface area contributed by atoms with Crippen molar-refractivity contribution in [2.24, 2.45) is 5.92 Å². The third-order valence-electron chi connectivity index (χ3n) is 7.28. The predicted octanol–water partition coefficient (Wildman–Crippen LogP) is 3.51. The van der Waals surface area contributed by atoms with Crippen LogP contribution in [0.25, 0.3) is 0 Å². The average molecular weight is 489 g/mol. The van der Waals surface area contributed by atoms with Gasteiger partial charge in [-0.15, -0.1) is 11.8 Å². The summed E-state index contributed by atoms with van der Waals surface area (Å²) in [4.78, 5) is 26.1. The molecular weight excluding hydrogens is 452 g/mol. The first-order valence-corrected chi connectivity index (χ1v) is 12.9. The number of carbonyl (C=O) groups excluding carboxylic acids is 2. The molecule has 0 bridgehead atoms. The van der Waals surface area contributed by atoms with Crippen molar-refractivity contribution < 1.29 is 23.8 Å². The number of ketones is 1. The van der Waals surface area contributed by atoms with E-state index in [2.05, 4.69) is 32.2 Å². The topological polar surface area (TPSA) is 106 Å². The van der Waals surface area contributed by atoms with Crippen molar-refractivity contribution >= 4 is 29.1 Å². The summed E-state index contributed by atoms with van der Waals surface area (Å²) in [7, 11) is 1.68. The molecule has 0 radical (unpaired) electrons. The van der Waals surface area contributed by atoms with Gasteiger partial charge in [0.1, 0.15) is 5.60 Å². The lowest BCUT2D eigenvalue weighted by Crippen LogP contribution is -2.59. The smallest absolute Gasteiger partial charge is 0.227 e. The fourth-order valence-electron chi connectivity index (χ4n) is 5.36. The van der Waals surface area contributed by atoms with Crippen molar-refractivity contribution in [2.45, 2.75) is 80.8 Å². The SMILES string of the molecule is CO[C@H]1C(C2(C)O[C@@H]2CC=C(C)C)[C@]2(CC[C@H]1NC(=O)CC(=O)CSc1ccc(N)cc1)CO2. The minimum Gasteiger partial charge on any atom is -0.399 e. The zero-order chi connectivity index (χ0) is 24.5. The summed E-state index contributed by atoms with van der Waals surface area (Å²) in [6.45, 7) is 7.02. The molecule has 6 atom stereocenters. The van der Waals surface area contributed by atoms with Crippen LogP contribution in [-0.4, -0.2) is 60.6 Å². The Morgan fingerprint density at radius 2 is 2.00 bits per heavy atom. The van der Waals surface area contributed by atoms with Crippen molar-refractivity contribution in [3.05, 3.63) is 35.9 Å². The molecule has 8 heteroatoms. The monoisotopic (exact) mass is 488 g/mol. The van der Waals surface area contributed by atoms with E-state index >= 15 is 0 Å². The van der Waals surface area contributed by atoms with Crippen LogP contribution in [0.3, 0.4) is 0 Å². The summed E-state index contributed by atoms with van der Waals surface area (Å²) in [5.74, 6) is -0.101. The van der Waals surface area contributed by atoms with Gasteiger partial charge in [-0.1, -0.05) is 11.6 Å². The zero-order valence-electron chi connectivity index (χ0n) is 20.5. The third-order valence-corrected chi connectivity index (χ3v) is 8.35. The first kappa shape index (κ1) is 25.2. The van der Waals surface area contributed by atoms with Crippen LogP contribution < -0.4 is 11.1 Å². The van der Waals surface area contributed by atoms with Gasteiger partial charge in [0.05, 0.1) is 42.6 Å². The number of ether oxygens (including phenoxy) is 3. The number of hydrogen-bond acceptors (Lipinski definition) is 7. The number of epoxide rings is 2. The number of nitrogens with two attached hydrogens (primary N) is 1. The highest BCUT2D eigenvalue weighted by molar-refractivity contribution is 8.00. The van der Waals surface area contributed by atoms with Gasteiger partial charge in [-0.2, -0.15) is 0 Å². The van der Waals surface area contributed by atoms with Crippen LogP contribution in [0.2, 0.25) is 0 Å². The third kappa shape index (κ3) is 5.51. The molecular formula is C26H36N2O5S. The van der Waals surface area contributed by atoms with Gasteiger partial charge in [-0.25, -0.2) is 0 Å². The molecule has 34 heavy (non-hydrogen) atoms. The number of carbonyl (C=O) groups is 2. The molecule has 1 saturated carbocycles. The van der Waals surface area contributed by atoms with Gasteiger partial charge >= 0.3 is 0 Å². The highest BCUT2D eigenvalue weighted by atomic mass is 32.2. The maximum Gasteiger partial charge on any atom is 0.227 e. The van der Waals surface area contributed by atoms with Gasteiger partial charge in [0, 0.05) is 23.6 Å². The summed E-state index contributed by atoms with van der Waals surface area (Å²) in [5, 5.41) is 3.08. The lowest BCUT2D eigenvalue weighted by atomic mass is 9.67. The van der Waals surface area contributed by atoms with Gasteiger partial charge < -0.3 is 25.3 Å².